The maximum absolute atomic E-state index is 10.7. The molecule has 1 aliphatic heterocycles. The van der Waals surface area contributed by atoms with Gasteiger partial charge in [0.25, 0.3) is 0 Å². The average molecular weight is 158 g/mol. The van der Waals surface area contributed by atoms with Crippen molar-refractivity contribution in [3.05, 3.63) is 0 Å². The van der Waals surface area contributed by atoms with Crippen LogP contribution in [0.4, 0.5) is 0 Å². The van der Waals surface area contributed by atoms with E-state index in [0.29, 0.717) is 13.0 Å². The summed E-state index contributed by atoms with van der Waals surface area (Å²) >= 11 is 0. The van der Waals surface area contributed by atoms with Crippen LogP contribution in [-0.2, 0) is 14.3 Å². The molecule has 0 aromatic heterocycles. The van der Waals surface area contributed by atoms with Gasteiger partial charge in [-0.2, -0.15) is 0 Å². The van der Waals surface area contributed by atoms with Gasteiger partial charge in [0, 0.05) is 13.0 Å². The van der Waals surface area contributed by atoms with Crippen molar-refractivity contribution in [3.8, 4) is 0 Å². The first kappa shape index (κ1) is 8.53. The molecule has 3 nitrogen and oxygen atoms in total. The summed E-state index contributed by atoms with van der Waals surface area (Å²) < 4.78 is 10.2. The van der Waals surface area contributed by atoms with E-state index in [9.17, 15) is 4.79 Å². The van der Waals surface area contributed by atoms with E-state index in [1.807, 2.05) is 0 Å². The van der Waals surface area contributed by atoms with Crippen LogP contribution < -0.4 is 0 Å². The highest BCUT2D eigenvalue weighted by Crippen LogP contribution is 2.11. The fourth-order valence-corrected chi connectivity index (χ4v) is 1.06. The Balaban J connectivity index is 2.06. The van der Waals surface area contributed by atoms with Gasteiger partial charge in [-0.3, -0.25) is 4.79 Å². The van der Waals surface area contributed by atoms with E-state index in [2.05, 4.69) is 0 Å². The van der Waals surface area contributed by atoms with Crippen molar-refractivity contribution in [2.75, 3.05) is 13.2 Å². The molecule has 0 aliphatic carbocycles. The monoisotopic (exact) mass is 158 g/mol. The largest absolute Gasteiger partial charge is 0.463 e. The Morgan fingerprint density at radius 3 is 3.09 bits per heavy atom. The van der Waals surface area contributed by atoms with E-state index in [0.717, 1.165) is 19.4 Å². The van der Waals surface area contributed by atoms with Gasteiger partial charge in [-0.25, -0.2) is 0 Å². The zero-order chi connectivity index (χ0) is 8.10. The second-order valence-electron chi connectivity index (χ2n) is 2.67. The maximum atomic E-state index is 10.7. The lowest BCUT2D eigenvalue weighted by molar-refractivity contribution is -0.146. The van der Waals surface area contributed by atoms with Crippen LogP contribution >= 0.6 is 0 Å². The zero-order valence-corrected chi connectivity index (χ0v) is 6.84. The van der Waals surface area contributed by atoms with E-state index in [1.165, 1.54) is 0 Å². The second-order valence-corrected chi connectivity index (χ2v) is 2.67. The lowest BCUT2D eigenvalue weighted by Gasteiger charge is -2.08. The molecule has 1 aliphatic rings. The molecule has 1 saturated heterocycles. The molecule has 1 heterocycles. The fraction of sp³-hybridized carbons (Fsp3) is 0.875. The number of esters is 1. The summed E-state index contributed by atoms with van der Waals surface area (Å²) in [4.78, 5) is 10.7. The van der Waals surface area contributed by atoms with Crippen molar-refractivity contribution < 1.29 is 14.3 Å². The molecule has 0 aromatic rings. The Labute approximate surface area is 66.7 Å². The molecule has 1 unspecified atom stereocenters. The smallest absolute Gasteiger partial charge is 0.305 e. The predicted molar refractivity (Wildman–Crippen MR) is 40.2 cm³/mol. The molecule has 1 atom stereocenters. The van der Waals surface area contributed by atoms with Crippen molar-refractivity contribution in [1.82, 2.24) is 0 Å². The fourth-order valence-electron chi connectivity index (χ4n) is 1.06. The van der Waals surface area contributed by atoms with Gasteiger partial charge in [-0.1, -0.05) is 6.92 Å². The Morgan fingerprint density at radius 1 is 1.73 bits per heavy atom. The van der Waals surface area contributed by atoms with E-state index in [-0.39, 0.29) is 12.1 Å². The van der Waals surface area contributed by atoms with Crippen molar-refractivity contribution in [2.45, 2.75) is 32.3 Å². The molecule has 0 radical (unpaired) electrons. The molecule has 0 saturated carbocycles. The molecule has 3 heteroatoms. The highest BCUT2D eigenvalue weighted by Gasteiger charge is 2.16. The first-order valence-electron chi connectivity index (χ1n) is 4.10. The van der Waals surface area contributed by atoms with Crippen LogP contribution in [0.5, 0.6) is 0 Å². The Morgan fingerprint density at radius 2 is 2.55 bits per heavy atom. The minimum Gasteiger partial charge on any atom is -0.463 e. The van der Waals surface area contributed by atoms with Crippen LogP contribution in [0, 0.1) is 0 Å². The van der Waals surface area contributed by atoms with Gasteiger partial charge in [-0.15, -0.1) is 0 Å². The molecule has 0 amide bonds. The first-order valence-corrected chi connectivity index (χ1v) is 4.10. The van der Waals surface area contributed by atoms with Gasteiger partial charge in [0.2, 0.25) is 0 Å². The van der Waals surface area contributed by atoms with Crippen LogP contribution in [-0.4, -0.2) is 25.3 Å². The summed E-state index contributed by atoms with van der Waals surface area (Å²) in [5.41, 5.74) is 0. The van der Waals surface area contributed by atoms with Gasteiger partial charge in [-0.05, 0) is 12.8 Å². The molecule has 0 bridgehead atoms. The predicted octanol–water partition coefficient (Wildman–Crippen LogP) is 1.12. The van der Waals surface area contributed by atoms with Gasteiger partial charge >= 0.3 is 5.97 Å². The van der Waals surface area contributed by atoms with Crippen LogP contribution in [0.3, 0.4) is 0 Å². The summed E-state index contributed by atoms with van der Waals surface area (Å²) in [6, 6.07) is 0. The standard InChI is InChI=1S/C8H14O3/c1-2-8(9)11-6-7-4-3-5-10-7/h7H,2-6H2,1H3. The molecule has 0 aromatic carbocycles. The third-order valence-electron chi connectivity index (χ3n) is 1.74. The minimum atomic E-state index is -0.138. The lowest BCUT2D eigenvalue weighted by Crippen LogP contribution is -2.17. The second kappa shape index (κ2) is 4.34. The van der Waals surface area contributed by atoms with Crippen molar-refractivity contribution in [3.63, 3.8) is 0 Å². The summed E-state index contributed by atoms with van der Waals surface area (Å²) in [5, 5.41) is 0. The van der Waals surface area contributed by atoms with Crippen LogP contribution in [0.15, 0.2) is 0 Å². The van der Waals surface area contributed by atoms with E-state index in [4.69, 9.17) is 9.47 Å². The number of carbonyl (C=O) groups is 1. The molecule has 0 spiro atoms. The minimum absolute atomic E-state index is 0.138. The highest BCUT2D eigenvalue weighted by molar-refractivity contribution is 5.68. The molecule has 1 rings (SSSR count). The summed E-state index contributed by atoms with van der Waals surface area (Å²) in [6.45, 7) is 3.04. The maximum Gasteiger partial charge on any atom is 0.305 e. The van der Waals surface area contributed by atoms with E-state index >= 15 is 0 Å². The van der Waals surface area contributed by atoms with Crippen LogP contribution in [0.2, 0.25) is 0 Å². The van der Waals surface area contributed by atoms with Crippen LogP contribution in [0.1, 0.15) is 26.2 Å². The number of hydrogen-bond donors (Lipinski definition) is 0. The third-order valence-corrected chi connectivity index (χ3v) is 1.74. The van der Waals surface area contributed by atoms with Crippen molar-refractivity contribution >= 4 is 5.97 Å². The Bertz CT molecular complexity index is 127. The lowest BCUT2D eigenvalue weighted by atomic mass is 10.2. The molecule has 64 valence electrons. The van der Waals surface area contributed by atoms with Crippen LogP contribution in [0.25, 0.3) is 0 Å². The van der Waals surface area contributed by atoms with Gasteiger partial charge < -0.3 is 9.47 Å². The topological polar surface area (TPSA) is 35.5 Å². The van der Waals surface area contributed by atoms with E-state index in [1.54, 1.807) is 6.92 Å². The summed E-state index contributed by atoms with van der Waals surface area (Å²) in [7, 11) is 0. The van der Waals surface area contributed by atoms with E-state index < -0.39 is 0 Å². The Kier molecular flexibility index (Phi) is 3.36. The van der Waals surface area contributed by atoms with Gasteiger partial charge in [0.15, 0.2) is 0 Å². The Hall–Kier alpha value is -0.570. The zero-order valence-electron chi connectivity index (χ0n) is 6.84. The number of carbonyl (C=O) groups excluding carboxylic acids is 1. The van der Waals surface area contributed by atoms with Gasteiger partial charge in [0.05, 0.1) is 6.10 Å². The molecule has 1 fully saturated rings. The van der Waals surface area contributed by atoms with Crippen molar-refractivity contribution in [1.29, 1.82) is 0 Å². The summed E-state index contributed by atoms with van der Waals surface area (Å²) in [5.74, 6) is -0.138. The number of ether oxygens (including phenoxy) is 2. The number of hydrogen-bond acceptors (Lipinski definition) is 3. The number of rotatable bonds is 3. The molecule has 0 N–H and O–H groups in total. The normalized spacial score (nSPS) is 23.5. The third kappa shape index (κ3) is 2.89. The quantitative estimate of drug-likeness (QED) is 0.577. The first-order chi connectivity index (χ1) is 5.33. The molecular weight excluding hydrogens is 144 g/mol. The summed E-state index contributed by atoms with van der Waals surface area (Å²) in [6.07, 6.45) is 2.73. The highest BCUT2D eigenvalue weighted by atomic mass is 16.6. The van der Waals surface area contributed by atoms with Crippen molar-refractivity contribution in [2.24, 2.45) is 0 Å². The average Bonchev–Trinajstić information content (AvgIpc) is 2.52. The van der Waals surface area contributed by atoms with Gasteiger partial charge in [0.1, 0.15) is 6.61 Å². The molecule has 11 heavy (non-hydrogen) atoms. The SMILES string of the molecule is CCC(=O)OCC1CCCO1. The molecular formula is C8H14O3.